The van der Waals surface area contributed by atoms with E-state index in [0.29, 0.717) is 0 Å². The second-order valence-electron chi connectivity index (χ2n) is 3.78. The van der Waals surface area contributed by atoms with Crippen LogP contribution in [0.3, 0.4) is 0 Å². The molecular weight excluding hydrogens is 171 g/mol. The van der Waals surface area contributed by atoms with Crippen molar-refractivity contribution in [2.24, 2.45) is 0 Å². The molecule has 0 aromatic heterocycles. The maximum absolute atomic E-state index is 9.11. The van der Waals surface area contributed by atoms with Crippen molar-refractivity contribution in [2.45, 2.75) is 12.8 Å². The summed E-state index contributed by atoms with van der Waals surface area (Å²) in [4.78, 5) is 0. The van der Waals surface area contributed by atoms with Gasteiger partial charge in [-0.05, 0) is 40.2 Å². The summed E-state index contributed by atoms with van der Waals surface area (Å²) in [6.07, 6.45) is 2.28. The van der Waals surface area contributed by atoms with E-state index in [2.05, 4.69) is 24.3 Å². The standard InChI is InChI=1S/C12H10BO/c14-13-11-7-6-9-5-4-8-2-1-3-10(11)12(8)9/h1-3,6-7,14H,4-5H2. The average Bonchev–Trinajstić information content (AvgIpc) is 2.65. The normalized spacial score (nSPS) is 13.5. The lowest BCUT2D eigenvalue weighted by molar-refractivity contribution is 0.616. The molecule has 0 fully saturated rings. The van der Waals surface area contributed by atoms with Crippen LogP contribution in [0.15, 0.2) is 30.3 Å². The molecule has 0 unspecified atom stereocenters. The van der Waals surface area contributed by atoms with Gasteiger partial charge in [0.2, 0.25) is 0 Å². The van der Waals surface area contributed by atoms with Gasteiger partial charge in [-0.1, -0.05) is 30.3 Å². The lowest BCUT2D eigenvalue weighted by atomic mass is 9.83. The van der Waals surface area contributed by atoms with Crippen molar-refractivity contribution < 1.29 is 5.02 Å². The molecule has 1 aliphatic carbocycles. The first kappa shape index (κ1) is 8.07. The van der Waals surface area contributed by atoms with Gasteiger partial charge in [-0.25, -0.2) is 0 Å². The summed E-state index contributed by atoms with van der Waals surface area (Å²) in [5, 5.41) is 11.7. The fourth-order valence-electron chi connectivity index (χ4n) is 2.38. The summed E-state index contributed by atoms with van der Waals surface area (Å²) in [6.45, 7) is 0. The third-order valence-corrected chi connectivity index (χ3v) is 3.05. The molecule has 3 rings (SSSR count). The molecule has 1 nitrogen and oxygen atoms in total. The number of hydrogen-bond donors (Lipinski definition) is 1. The Morgan fingerprint density at radius 2 is 1.79 bits per heavy atom. The monoisotopic (exact) mass is 181 g/mol. The molecule has 1 N–H and O–H groups in total. The summed E-state index contributed by atoms with van der Waals surface area (Å²) < 4.78 is 0. The quantitative estimate of drug-likeness (QED) is 0.654. The zero-order valence-corrected chi connectivity index (χ0v) is 7.83. The van der Waals surface area contributed by atoms with Crippen LogP contribution in [0, 0.1) is 0 Å². The fourth-order valence-corrected chi connectivity index (χ4v) is 2.38. The first-order chi connectivity index (χ1) is 6.90. The van der Waals surface area contributed by atoms with Gasteiger partial charge >= 0.3 is 7.48 Å². The smallest absolute Gasteiger partial charge is 0.327 e. The SMILES string of the molecule is O[B]c1ccc2c3c(cccc13)CC2. The predicted octanol–water partition coefficient (Wildman–Crippen LogP) is 1.18. The van der Waals surface area contributed by atoms with Crippen LogP contribution in [0.5, 0.6) is 0 Å². The minimum Gasteiger partial charge on any atom is -0.450 e. The van der Waals surface area contributed by atoms with E-state index < -0.39 is 0 Å². The maximum atomic E-state index is 9.11. The van der Waals surface area contributed by atoms with E-state index in [1.165, 1.54) is 29.4 Å². The van der Waals surface area contributed by atoms with E-state index in [0.717, 1.165) is 18.3 Å². The lowest BCUT2D eigenvalue weighted by Crippen LogP contribution is -2.14. The Bertz CT molecular complexity index is 495. The zero-order chi connectivity index (χ0) is 9.54. The summed E-state index contributed by atoms with van der Waals surface area (Å²) in [5.74, 6) is 0. The van der Waals surface area contributed by atoms with E-state index in [1.54, 1.807) is 0 Å². The van der Waals surface area contributed by atoms with Gasteiger partial charge in [-0.2, -0.15) is 0 Å². The van der Waals surface area contributed by atoms with Gasteiger partial charge in [-0.3, -0.25) is 0 Å². The van der Waals surface area contributed by atoms with Crippen molar-refractivity contribution in [1.29, 1.82) is 0 Å². The maximum Gasteiger partial charge on any atom is 0.327 e. The molecule has 0 atom stereocenters. The molecule has 2 aromatic rings. The summed E-state index contributed by atoms with van der Waals surface area (Å²) in [7, 11) is 1.20. The van der Waals surface area contributed by atoms with E-state index in [4.69, 9.17) is 5.02 Å². The largest absolute Gasteiger partial charge is 0.450 e. The highest BCUT2D eigenvalue weighted by Crippen LogP contribution is 2.29. The van der Waals surface area contributed by atoms with E-state index in [1.807, 2.05) is 6.07 Å². The number of rotatable bonds is 1. The molecule has 2 heteroatoms. The molecular formula is C12H10BO. The Labute approximate surface area is 83.7 Å². The molecule has 67 valence electrons. The molecule has 2 aromatic carbocycles. The molecule has 0 saturated carbocycles. The van der Waals surface area contributed by atoms with Gasteiger partial charge in [0.05, 0.1) is 0 Å². The lowest BCUT2D eigenvalue weighted by Gasteiger charge is -2.05. The first-order valence-electron chi connectivity index (χ1n) is 4.91. The molecule has 1 radical (unpaired) electrons. The highest BCUT2D eigenvalue weighted by molar-refractivity contribution is 6.50. The van der Waals surface area contributed by atoms with Crippen LogP contribution in [0.4, 0.5) is 0 Å². The molecule has 0 heterocycles. The van der Waals surface area contributed by atoms with Crippen molar-refractivity contribution in [1.82, 2.24) is 0 Å². The fraction of sp³-hybridized carbons (Fsp3) is 0.167. The number of benzene rings is 2. The predicted molar refractivity (Wildman–Crippen MR) is 59.0 cm³/mol. The Hall–Kier alpha value is -1.28. The highest BCUT2D eigenvalue weighted by atomic mass is 16.2. The second kappa shape index (κ2) is 2.86. The van der Waals surface area contributed by atoms with Gasteiger partial charge in [0.25, 0.3) is 0 Å². The van der Waals surface area contributed by atoms with Gasteiger partial charge in [0.15, 0.2) is 0 Å². The van der Waals surface area contributed by atoms with Crippen LogP contribution in [-0.4, -0.2) is 12.5 Å². The van der Waals surface area contributed by atoms with Gasteiger partial charge < -0.3 is 5.02 Å². The van der Waals surface area contributed by atoms with Crippen LogP contribution in [0.1, 0.15) is 11.1 Å². The number of hydrogen-bond acceptors (Lipinski definition) is 1. The van der Waals surface area contributed by atoms with Crippen molar-refractivity contribution in [2.75, 3.05) is 0 Å². The van der Waals surface area contributed by atoms with Crippen molar-refractivity contribution in [3.63, 3.8) is 0 Å². The minimum atomic E-state index is 0.924. The van der Waals surface area contributed by atoms with E-state index >= 15 is 0 Å². The summed E-state index contributed by atoms with van der Waals surface area (Å²) in [5.41, 5.74) is 3.76. The molecule has 0 saturated heterocycles. The van der Waals surface area contributed by atoms with Crippen LogP contribution in [0.25, 0.3) is 10.8 Å². The van der Waals surface area contributed by atoms with Crippen molar-refractivity contribution in [3.05, 3.63) is 41.5 Å². The molecule has 0 aliphatic heterocycles. The van der Waals surface area contributed by atoms with Crippen LogP contribution >= 0.6 is 0 Å². The Kier molecular flexibility index (Phi) is 1.65. The van der Waals surface area contributed by atoms with Gasteiger partial charge in [0.1, 0.15) is 0 Å². The van der Waals surface area contributed by atoms with E-state index in [9.17, 15) is 0 Å². The summed E-state index contributed by atoms with van der Waals surface area (Å²) in [6, 6.07) is 10.4. The molecule has 0 spiro atoms. The van der Waals surface area contributed by atoms with Crippen LogP contribution in [0.2, 0.25) is 0 Å². The molecule has 0 bridgehead atoms. The third-order valence-electron chi connectivity index (χ3n) is 3.05. The molecule has 14 heavy (non-hydrogen) atoms. The van der Waals surface area contributed by atoms with Crippen LogP contribution < -0.4 is 5.46 Å². The van der Waals surface area contributed by atoms with E-state index in [-0.39, 0.29) is 0 Å². The Morgan fingerprint density at radius 3 is 2.57 bits per heavy atom. The zero-order valence-electron chi connectivity index (χ0n) is 7.83. The Balaban J connectivity index is 2.48. The Morgan fingerprint density at radius 1 is 1.00 bits per heavy atom. The summed E-state index contributed by atoms with van der Waals surface area (Å²) >= 11 is 0. The average molecular weight is 181 g/mol. The highest BCUT2D eigenvalue weighted by Gasteiger charge is 2.15. The third kappa shape index (κ3) is 0.947. The second-order valence-corrected chi connectivity index (χ2v) is 3.78. The molecule has 1 aliphatic rings. The topological polar surface area (TPSA) is 20.2 Å². The van der Waals surface area contributed by atoms with Crippen molar-refractivity contribution >= 4 is 23.7 Å². The first-order valence-corrected chi connectivity index (χ1v) is 4.91. The van der Waals surface area contributed by atoms with Crippen molar-refractivity contribution in [3.8, 4) is 0 Å². The van der Waals surface area contributed by atoms with Gasteiger partial charge in [0, 0.05) is 0 Å². The minimum absolute atomic E-state index is 0.924. The number of aryl methyl sites for hydroxylation is 2. The van der Waals surface area contributed by atoms with Crippen LogP contribution in [-0.2, 0) is 12.8 Å². The van der Waals surface area contributed by atoms with Gasteiger partial charge in [-0.15, -0.1) is 0 Å². The molecule has 0 amide bonds.